The summed E-state index contributed by atoms with van der Waals surface area (Å²) in [7, 11) is 0. The Labute approximate surface area is 80.8 Å². The van der Waals surface area contributed by atoms with Crippen LogP contribution < -0.4 is 0 Å². The smallest absolute Gasteiger partial charge is 0.123 e. The highest BCUT2D eigenvalue weighted by Gasteiger charge is 2.17. The van der Waals surface area contributed by atoms with Gasteiger partial charge in [0.05, 0.1) is 5.76 Å². The molecule has 0 aromatic rings. The Morgan fingerprint density at radius 1 is 1.62 bits per heavy atom. The van der Waals surface area contributed by atoms with Crippen molar-refractivity contribution in [2.75, 3.05) is 0 Å². The van der Waals surface area contributed by atoms with Crippen LogP contribution in [0.3, 0.4) is 0 Å². The van der Waals surface area contributed by atoms with Gasteiger partial charge in [-0.1, -0.05) is 38.2 Å². The van der Waals surface area contributed by atoms with E-state index in [1.165, 1.54) is 5.57 Å². The second kappa shape index (κ2) is 4.31. The molecule has 2 unspecified atom stereocenters. The molecule has 0 N–H and O–H groups in total. The molecule has 1 aliphatic rings. The van der Waals surface area contributed by atoms with E-state index in [4.69, 9.17) is 4.74 Å². The van der Waals surface area contributed by atoms with Gasteiger partial charge in [-0.15, -0.1) is 0 Å². The molecule has 13 heavy (non-hydrogen) atoms. The molecule has 0 heterocycles. The minimum atomic E-state index is 0.178. The highest BCUT2D eigenvalue weighted by molar-refractivity contribution is 5.24. The molecule has 0 bridgehead atoms. The Kier molecular flexibility index (Phi) is 3.35. The molecular weight excluding hydrogens is 160 g/mol. The van der Waals surface area contributed by atoms with E-state index in [-0.39, 0.29) is 6.10 Å². The van der Waals surface area contributed by atoms with Crippen molar-refractivity contribution in [3.05, 3.63) is 36.1 Å². The van der Waals surface area contributed by atoms with Gasteiger partial charge < -0.3 is 4.74 Å². The van der Waals surface area contributed by atoms with Crippen molar-refractivity contribution in [2.24, 2.45) is 5.92 Å². The van der Waals surface area contributed by atoms with E-state index in [0.717, 1.165) is 12.2 Å². The Morgan fingerprint density at radius 2 is 2.31 bits per heavy atom. The molecule has 1 rings (SSSR count). The van der Waals surface area contributed by atoms with Crippen molar-refractivity contribution in [3.8, 4) is 0 Å². The van der Waals surface area contributed by atoms with E-state index < -0.39 is 0 Å². The highest BCUT2D eigenvalue weighted by atomic mass is 16.5. The number of rotatable bonds is 3. The van der Waals surface area contributed by atoms with Gasteiger partial charge >= 0.3 is 0 Å². The lowest BCUT2D eigenvalue weighted by Gasteiger charge is -2.24. The fourth-order valence-corrected chi connectivity index (χ4v) is 1.30. The molecular formula is C12H18O. The van der Waals surface area contributed by atoms with Gasteiger partial charge in [0.15, 0.2) is 0 Å². The molecule has 0 aromatic heterocycles. The number of allylic oxidation sites excluding steroid dienone is 3. The Morgan fingerprint density at radius 3 is 2.92 bits per heavy atom. The molecule has 1 nitrogen and oxygen atoms in total. The van der Waals surface area contributed by atoms with Crippen LogP contribution in [0.4, 0.5) is 0 Å². The van der Waals surface area contributed by atoms with Crippen molar-refractivity contribution in [2.45, 2.75) is 33.3 Å². The van der Waals surface area contributed by atoms with Gasteiger partial charge in [-0.05, 0) is 13.0 Å². The maximum absolute atomic E-state index is 5.70. The van der Waals surface area contributed by atoms with Crippen molar-refractivity contribution in [3.63, 3.8) is 0 Å². The summed E-state index contributed by atoms with van der Waals surface area (Å²) in [5.41, 5.74) is 1.27. The van der Waals surface area contributed by atoms with Crippen LogP contribution in [0.2, 0.25) is 0 Å². The van der Waals surface area contributed by atoms with Crippen LogP contribution in [0.1, 0.15) is 27.2 Å². The van der Waals surface area contributed by atoms with E-state index in [1.807, 2.05) is 0 Å². The molecule has 0 radical (unpaired) electrons. The number of ether oxygens (including phenoxy) is 1. The predicted molar refractivity (Wildman–Crippen MR) is 56.4 cm³/mol. The summed E-state index contributed by atoms with van der Waals surface area (Å²) in [6.07, 6.45) is 7.55. The lowest BCUT2D eigenvalue weighted by Crippen LogP contribution is -2.20. The number of hydrogen-bond donors (Lipinski definition) is 0. The monoisotopic (exact) mass is 178 g/mol. The normalized spacial score (nSPS) is 26.8. The summed E-state index contributed by atoms with van der Waals surface area (Å²) < 4.78 is 5.70. The third-order valence-electron chi connectivity index (χ3n) is 2.31. The molecule has 0 spiro atoms. The van der Waals surface area contributed by atoms with Crippen molar-refractivity contribution in [1.29, 1.82) is 0 Å². The van der Waals surface area contributed by atoms with Crippen LogP contribution in [0.15, 0.2) is 36.1 Å². The summed E-state index contributed by atoms with van der Waals surface area (Å²) in [4.78, 5) is 0. The third-order valence-corrected chi connectivity index (χ3v) is 2.31. The molecule has 2 atom stereocenters. The second-order valence-electron chi connectivity index (χ2n) is 3.60. The van der Waals surface area contributed by atoms with E-state index in [9.17, 15) is 0 Å². The van der Waals surface area contributed by atoms with E-state index in [2.05, 4.69) is 45.6 Å². The van der Waals surface area contributed by atoms with Gasteiger partial charge in [0.25, 0.3) is 0 Å². The maximum Gasteiger partial charge on any atom is 0.123 e. The standard InChI is InChI=1S/C12H18O/c1-5-11(4)13-12-8-9(2)6-7-10(12)3/h6-8,10,12H,4-5H2,1-3H3. The largest absolute Gasteiger partial charge is 0.491 e. The minimum absolute atomic E-state index is 0.178. The average Bonchev–Trinajstić information content (AvgIpc) is 2.11. The van der Waals surface area contributed by atoms with Crippen LogP contribution in [-0.2, 0) is 4.74 Å². The first kappa shape index (κ1) is 10.1. The highest BCUT2D eigenvalue weighted by Crippen LogP contribution is 2.21. The molecule has 0 aromatic carbocycles. The van der Waals surface area contributed by atoms with Gasteiger partial charge in [0, 0.05) is 12.3 Å². The quantitative estimate of drug-likeness (QED) is 0.601. The Balaban J connectivity index is 2.59. The Bertz CT molecular complexity index is 248. The lowest BCUT2D eigenvalue weighted by atomic mass is 9.96. The summed E-state index contributed by atoms with van der Waals surface area (Å²) in [6, 6.07) is 0. The first-order valence-corrected chi connectivity index (χ1v) is 4.84. The fraction of sp³-hybridized carbons (Fsp3) is 0.500. The van der Waals surface area contributed by atoms with Crippen molar-refractivity contribution in [1.82, 2.24) is 0 Å². The molecule has 72 valence electrons. The minimum Gasteiger partial charge on any atom is -0.491 e. The molecule has 1 heteroatoms. The van der Waals surface area contributed by atoms with E-state index in [0.29, 0.717) is 5.92 Å². The number of hydrogen-bond acceptors (Lipinski definition) is 1. The SMILES string of the molecule is C=C(CC)OC1C=C(C)C=CC1C. The van der Waals surface area contributed by atoms with E-state index >= 15 is 0 Å². The summed E-state index contributed by atoms with van der Waals surface area (Å²) >= 11 is 0. The fourth-order valence-electron chi connectivity index (χ4n) is 1.30. The summed E-state index contributed by atoms with van der Waals surface area (Å²) in [5, 5.41) is 0. The van der Waals surface area contributed by atoms with Crippen LogP contribution in [0, 0.1) is 5.92 Å². The topological polar surface area (TPSA) is 9.23 Å². The van der Waals surface area contributed by atoms with Crippen LogP contribution in [0.25, 0.3) is 0 Å². The zero-order chi connectivity index (χ0) is 9.84. The zero-order valence-corrected chi connectivity index (χ0v) is 8.71. The Hall–Kier alpha value is -0.980. The van der Waals surface area contributed by atoms with Gasteiger partial charge in [0.2, 0.25) is 0 Å². The molecule has 0 saturated carbocycles. The van der Waals surface area contributed by atoms with Crippen molar-refractivity contribution < 1.29 is 4.74 Å². The molecule has 0 aliphatic heterocycles. The van der Waals surface area contributed by atoms with Gasteiger partial charge in [0.1, 0.15) is 6.10 Å². The van der Waals surface area contributed by atoms with E-state index in [1.54, 1.807) is 0 Å². The van der Waals surface area contributed by atoms with Gasteiger partial charge in [-0.2, -0.15) is 0 Å². The molecule has 0 fully saturated rings. The van der Waals surface area contributed by atoms with Crippen LogP contribution in [-0.4, -0.2) is 6.10 Å². The van der Waals surface area contributed by atoms with Crippen LogP contribution >= 0.6 is 0 Å². The van der Waals surface area contributed by atoms with Crippen molar-refractivity contribution >= 4 is 0 Å². The summed E-state index contributed by atoms with van der Waals surface area (Å²) in [5.74, 6) is 1.32. The molecule has 1 aliphatic carbocycles. The second-order valence-corrected chi connectivity index (χ2v) is 3.60. The first-order valence-electron chi connectivity index (χ1n) is 4.84. The average molecular weight is 178 g/mol. The first-order chi connectivity index (χ1) is 6.13. The third kappa shape index (κ3) is 2.76. The lowest BCUT2D eigenvalue weighted by molar-refractivity contribution is 0.119. The maximum atomic E-state index is 5.70. The predicted octanol–water partition coefficient (Wildman–Crippen LogP) is 3.45. The van der Waals surface area contributed by atoms with Crippen LogP contribution in [0.5, 0.6) is 0 Å². The zero-order valence-electron chi connectivity index (χ0n) is 8.71. The van der Waals surface area contributed by atoms with Gasteiger partial charge in [-0.25, -0.2) is 0 Å². The molecule has 0 amide bonds. The molecule has 0 saturated heterocycles. The van der Waals surface area contributed by atoms with Gasteiger partial charge in [-0.3, -0.25) is 0 Å². The summed E-state index contributed by atoms with van der Waals surface area (Å²) in [6.45, 7) is 10.2.